The molecule has 1 aliphatic heterocycles. The van der Waals surface area contributed by atoms with Gasteiger partial charge in [-0.3, -0.25) is 14.0 Å². The molecule has 2 aromatic carbocycles. The molecule has 0 saturated carbocycles. The molecule has 0 N–H and O–H groups in total. The van der Waals surface area contributed by atoms with E-state index in [2.05, 4.69) is 9.97 Å². The topological polar surface area (TPSA) is 70.8 Å². The predicted octanol–water partition coefficient (Wildman–Crippen LogP) is 3.06. The van der Waals surface area contributed by atoms with E-state index >= 15 is 0 Å². The Morgan fingerprint density at radius 1 is 1.09 bits per heavy atom. The number of hydrogen-bond acceptors (Lipinski definition) is 4. The molecule has 8 heteroatoms. The summed E-state index contributed by atoms with van der Waals surface area (Å²) in [6, 6.07) is 15.1. The molecule has 1 fully saturated rings. The minimum Gasteiger partial charge on any atom is -0.342 e. The van der Waals surface area contributed by atoms with Crippen molar-refractivity contribution < 1.29 is 14.0 Å². The van der Waals surface area contributed by atoms with Crippen LogP contribution < -0.4 is 0 Å². The van der Waals surface area contributed by atoms with Crippen molar-refractivity contribution in [3.8, 4) is 11.1 Å². The van der Waals surface area contributed by atoms with Crippen molar-refractivity contribution >= 4 is 17.6 Å². The first-order chi connectivity index (χ1) is 16.0. The quantitative estimate of drug-likeness (QED) is 0.486. The van der Waals surface area contributed by atoms with Gasteiger partial charge >= 0.3 is 0 Å². The fourth-order valence-electron chi connectivity index (χ4n) is 4.25. The lowest BCUT2D eigenvalue weighted by atomic mass is 9.93. The Labute approximate surface area is 190 Å². The lowest BCUT2D eigenvalue weighted by Crippen LogP contribution is -2.58. The predicted molar refractivity (Wildman–Crippen MR) is 121 cm³/mol. The lowest BCUT2D eigenvalue weighted by molar-refractivity contribution is -0.138. The van der Waals surface area contributed by atoms with Crippen molar-refractivity contribution in [1.29, 1.82) is 0 Å². The zero-order valence-corrected chi connectivity index (χ0v) is 18.1. The van der Waals surface area contributed by atoms with Crippen molar-refractivity contribution in [1.82, 2.24) is 24.2 Å². The molecule has 0 bridgehead atoms. The minimum atomic E-state index is -0.671. The summed E-state index contributed by atoms with van der Waals surface area (Å²) in [5.41, 5.74) is 2.92. The second-order valence-corrected chi connectivity index (χ2v) is 8.10. The molecule has 7 nitrogen and oxygen atoms in total. The number of benzene rings is 2. The number of amides is 2. The van der Waals surface area contributed by atoms with E-state index in [1.54, 1.807) is 58.0 Å². The molecule has 2 amide bonds. The smallest absolute Gasteiger partial charge is 0.274 e. The van der Waals surface area contributed by atoms with Gasteiger partial charge in [0.2, 0.25) is 11.7 Å². The molecule has 0 aliphatic carbocycles. The fraction of sp³-hybridized carbons (Fsp3) is 0.200. The highest BCUT2D eigenvalue weighted by Crippen LogP contribution is 2.27. The number of carbonyl (C=O) groups excluding carboxylic acids is 2. The average molecular weight is 443 g/mol. The Balaban J connectivity index is 1.49. The van der Waals surface area contributed by atoms with Gasteiger partial charge in [-0.2, -0.15) is 0 Å². The Bertz CT molecular complexity index is 1300. The number of rotatable bonds is 4. The zero-order valence-electron chi connectivity index (χ0n) is 18.1. The molecule has 1 aliphatic rings. The number of piperazine rings is 1. The van der Waals surface area contributed by atoms with Crippen LogP contribution in [-0.4, -0.2) is 62.2 Å². The number of aromatic nitrogens is 3. The molecule has 1 atom stereocenters. The third-order valence-corrected chi connectivity index (χ3v) is 6.02. The second kappa shape index (κ2) is 8.46. The van der Waals surface area contributed by atoms with Crippen LogP contribution in [0.4, 0.5) is 4.39 Å². The highest BCUT2D eigenvalue weighted by Gasteiger charge is 2.37. The minimum absolute atomic E-state index is 0.120. The van der Waals surface area contributed by atoms with E-state index in [4.69, 9.17) is 0 Å². The molecule has 5 rings (SSSR count). The largest absolute Gasteiger partial charge is 0.342 e. The van der Waals surface area contributed by atoms with Gasteiger partial charge in [-0.25, -0.2) is 14.4 Å². The van der Waals surface area contributed by atoms with Gasteiger partial charge in [0, 0.05) is 45.1 Å². The van der Waals surface area contributed by atoms with Gasteiger partial charge in [-0.15, -0.1) is 0 Å². The molecule has 0 spiro atoms. The van der Waals surface area contributed by atoms with Crippen LogP contribution in [0.5, 0.6) is 0 Å². The summed E-state index contributed by atoms with van der Waals surface area (Å²) in [6.07, 6.45) is 5.37. The van der Waals surface area contributed by atoms with Crippen LogP contribution in [0, 0.1) is 5.82 Å². The van der Waals surface area contributed by atoms with Crippen LogP contribution in [0.2, 0.25) is 0 Å². The van der Waals surface area contributed by atoms with Gasteiger partial charge in [0.25, 0.3) is 5.91 Å². The SMILES string of the molecule is CN1CCN(C(=O)c2cn3cccnc3n2)C(Cc2ccccc2-c2ccc(F)cc2)C1=O. The molecule has 2 aromatic heterocycles. The summed E-state index contributed by atoms with van der Waals surface area (Å²) in [5, 5.41) is 0. The van der Waals surface area contributed by atoms with Crippen molar-refractivity contribution in [2.45, 2.75) is 12.5 Å². The molecular weight excluding hydrogens is 421 g/mol. The average Bonchev–Trinajstić information content (AvgIpc) is 3.27. The van der Waals surface area contributed by atoms with Crippen molar-refractivity contribution in [2.75, 3.05) is 20.1 Å². The summed E-state index contributed by atoms with van der Waals surface area (Å²) >= 11 is 0. The van der Waals surface area contributed by atoms with E-state index in [-0.39, 0.29) is 23.3 Å². The van der Waals surface area contributed by atoms with Crippen molar-refractivity contribution in [3.63, 3.8) is 0 Å². The van der Waals surface area contributed by atoms with Crippen molar-refractivity contribution in [2.24, 2.45) is 0 Å². The van der Waals surface area contributed by atoms with E-state index < -0.39 is 6.04 Å². The Kier molecular flexibility index (Phi) is 5.34. The summed E-state index contributed by atoms with van der Waals surface area (Å²) in [6.45, 7) is 0.859. The third-order valence-electron chi connectivity index (χ3n) is 6.02. The van der Waals surface area contributed by atoms with E-state index in [1.165, 1.54) is 12.1 Å². The normalized spacial score (nSPS) is 16.4. The first-order valence-electron chi connectivity index (χ1n) is 10.7. The van der Waals surface area contributed by atoms with Crippen LogP contribution in [0.25, 0.3) is 16.9 Å². The number of nitrogens with zero attached hydrogens (tertiary/aromatic N) is 5. The first kappa shape index (κ1) is 20.8. The van der Waals surface area contributed by atoms with Gasteiger partial charge in [0.15, 0.2) is 0 Å². The zero-order chi connectivity index (χ0) is 22.9. The number of hydrogen-bond donors (Lipinski definition) is 0. The van der Waals surface area contributed by atoms with E-state index in [0.29, 0.717) is 25.3 Å². The summed E-state index contributed by atoms with van der Waals surface area (Å²) < 4.78 is 15.1. The van der Waals surface area contributed by atoms with Crippen LogP contribution in [0.15, 0.2) is 73.2 Å². The summed E-state index contributed by atoms with van der Waals surface area (Å²) in [7, 11) is 1.75. The standard InChI is InChI=1S/C25H22FN5O2/c1-29-13-14-31(23(32)21-16-30-12-4-11-27-25(30)28-21)22(24(29)33)15-18-5-2-3-6-20(18)17-7-9-19(26)10-8-17/h2-12,16,22H,13-15H2,1H3. The van der Waals surface area contributed by atoms with Crippen LogP contribution in [0.1, 0.15) is 16.1 Å². The number of imidazole rings is 1. The monoisotopic (exact) mass is 443 g/mol. The molecule has 1 saturated heterocycles. The van der Waals surface area contributed by atoms with Gasteiger partial charge in [-0.1, -0.05) is 36.4 Å². The number of carbonyl (C=O) groups is 2. The van der Waals surface area contributed by atoms with Gasteiger partial charge in [0.05, 0.1) is 0 Å². The maximum Gasteiger partial charge on any atom is 0.274 e. The van der Waals surface area contributed by atoms with Crippen LogP contribution in [0.3, 0.4) is 0 Å². The Hall–Kier alpha value is -4.07. The number of fused-ring (bicyclic) bond motifs is 1. The molecule has 0 radical (unpaired) electrons. The van der Waals surface area contributed by atoms with Crippen molar-refractivity contribution in [3.05, 3.63) is 90.3 Å². The van der Waals surface area contributed by atoms with E-state index in [0.717, 1.165) is 16.7 Å². The van der Waals surface area contributed by atoms with Crippen LogP contribution >= 0.6 is 0 Å². The van der Waals surface area contributed by atoms with Gasteiger partial charge in [-0.05, 0) is 34.9 Å². The number of likely N-dealkylation sites (N-methyl/N-ethyl adjacent to an activating group) is 1. The van der Waals surface area contributed by atoms with E-state index in [1.807, 2.05) is 24.3 Å². The molecule has 1 unspecified atom stereocenters. The number of halogens is 1. The molecule has 33 heavy (non-hydrogen) atoms. The highest BCUT2D eigenvalue weighted by atomic mass is 19.1. The first-order valence-corrected chi connectivity index (χ1v) is 10.7. The molecule has 4 aromatic rings. The fourth-order valence-corrected chi connectivity index (χ4v) is 4.25. The Morgan fingerprint density at radius 3 is 2.67 bits per heavy atom. The van der Waals surface area contributed by atoms with Crippen LogP contribution in [-0.2, 0) is 11.2 Å². The lowest BCUT2D eigenvalue weighted by Gasteiger charge is -2.39. The molecule has 166 valence electrons. The summed E-state index contributed by atoms with van der Waals surface area (Å²) in [4.78, 5) is 38.4. The second-order valence-electron chi connectivity index (χ2n) is 8.10. The maximum atomic E-state index is 13.4. The summed E-state index contributed by atoms with van der Waals surface area (Å²) in [5.74, 6) is -0.296. The molecular formula is C25H22FN5O2. The Morgan fingerprint density at radius 2 is 1.88 bits per heavy atom. The van der Waals surface area contributed by atoms with Gasteiger partial charge in [0.1, 0.15) is 17.6 Å². The van der Waals surface area contributed by atoms with Gasteiger partial charge < -0.3 is 9.80 Å². The maximum absolute atomic E-state index is 13.4. The van der Waals surface area contributed by atoms with E-state index in [9.17, 15) is 14.0 Å². The highest BCUT2D eigenvalue weighted by molar-refractivity contribution is 5.97. The third kappa shape index (κ3) is 3.95. The molecule has 3 heterocycles.